The van der Waals surface area contributed by atoms with Crippen LogP contribution >= 0.6 is 0 Å². The Hall–Kier alpha value is -0.610. The van der Waals surface area contributed by atoms with E-state index in [2.05, 4.69) is 6.92 Å². The fraction of sp³-hybridized carbons (Fsp3) is 0.923. The van der Waals surface area contributed by atoms with Gasteiger partial charge in [0, 0.05) is 6.54 Å². The summed E-state index contributed by atoms with van der Waals surface area (Å²) in [7, 11) is 0. The molecule has 1 fully saturated rings. The van der Waals surface area contributed by atoms with Crippen molar-refractivity contribution in [2.45, 2.75) is 64.1 Å². The molecule has 4 nitrogen and oxygen atoms in total. The standard InChI is InChI=1S/C13H25NO3/c1-3-10-5-7-13(9-14,8-6-10)17-11(4-2)12(15)16/h10-11H,3-9,14H2,1-2H3,(H,15,16). The number of hydrogen-bond donors (Lipinski definition) is 2. The average molecular weight is 243 g/mol. The second kappa shape index (κ2) is 6.36. The molecule has 0 amide bonds. The van der Waals surface area contributed by atoms with Gasteiger partial charge >= 0.3 is 5.97 Å². The Balaban J connectivity index is 2.61. The maximum Gasteiger partial charge on any atom is 0.332 e. The number of rotatable bonds is 6. The highest BCUT2D eigenvalue weighted by molar-refractivity contribution is 5.72. The minimum Gasteiger partial charge on any atom is -0.479 e. The van der Waals surface area contributed by atoms with Gasteiger partial charge in [-0.15, -0.1) is 0 Å². The summed E-state index contributed by atoms with van der Waals surface area (Å²) in [5.41, 5.74) is 5.41. The number of aliphatic carboxylic acids is 1. The number of hydrogen-bond acceptors (Lipinski definition) is 3. The highest BCUT2D eigenvalue weighted by atomic mass is 16.5. The molecular formula is C13H25NO3. The number of ether oxygens (including phenoxy) is 1. The molecule has 1 aliphatic carbocycles. The molecule has 1 aliphatic rings. The molecule has 17 heavy (non-hydrogen) atoms. The third-order valence-corrected chi connectivity index (χ3v) is 4.00. The third kappa shape index (κ3) is 3.68. The van der Waals surface area contributed by atoms with Gasteiger partial charge in [-0.25, -0.2) is 4.79 Å². The van der Waals surface area contributed by atoms with Crippen LogP contribution in [-0.4, -0.2) is 29.3 Å². The van der Waals surface area contributed by atoms with Gasteiger partial charge in [0.1, 0.15) is 0 Å². The van der Waals surface area contributed by atoms with Crippen molar-refractivity contribution in [2.75, 3.05) is 6.54 Å². The van der Waals surface area contributed by atoms with Crippen LogP contribution in [0.4, 0.5) is 0 Å². The van der Waals surface area contributed by atoms with E-state index in [1.165, 1.54) is 6.42 Å². The molecular weight excluding hydrogens is 218 g/mol. The van der Waals surface area contributed by atoms with E-state index in [-0.39, 0.29) is 0 Å². The molecule has 0 aliphatic heterocycles. The maximum atomic E-state index is 11.0. The van der Waals surface area contributed by atoms with Crippen molar-refractivity contribution in [1.29, 1.82) is 0 Å². The molecule has 0 bridgehead atoms. The van der Waals surface area contributed by atoms with Gasteiger partial charge in [0.2, 0.25) is 0 Å². The highest BCUT2D eigenvalue weighted by Gasteiger charge is 2.37. The number of carboxylic acids is 1. The van der Waals surface area contributed by atoms with E-state index in [1.54, 1.807) is 0 Å². The highest BCUT2D eigenvalue weighted by Crippen LogP contribution is 2.36. The lowest BCUT2D eigenvalue weighted by molar-refractivity contribution is -0.169. The van der Waals surface area contributed by atoms with E-state index < -0.39 is 17.7 Å². The van der Waals surface area contributed by atoms with Crippen molar-refractivity contribution in [3.05, 3.63) is 0 Å². The van der Waals surface area contributed by atoms with Crippen LogP contribution in [-0.2, 0) is 9.53 Å². The fourth-order valence-electron chi connectivity index (χ4n) is 2.59. The first kappa shape index (κ1) is 14.5. The molecule has 0 aromatic carbocycles. The van der Waals surface area contributed by atoms with Gasteiger partial charge in [0.15, 0.2) is 6.10 Å². The molecule has 1 rings (SSSR count). The summed E-state index contributed by atoms with van der Waals surface area (Å²) in [6.45, 7) is 4.46. The van der Waals surface area contributed by atoms with Gasteiger partial charge in [0.05, 0.1) is 5.60 Å². The van der Waals surface area contributed by atoms with Gasteiger partial charge in [-0.1, -0.05) is 20.3 Å². The lowest BCUT2D eigenvalue weighted by Crippen LogP contribution is -2.47. The molecule has 0 saturated heterocycles. The van der Waals surface area contributed by atoms with E-state index in [0.717, 1.165) is 31.6 Å². The Morgan fingerprint density at radius 1 is 1.47 bits per heavy atom. The summed E-state index contributed by atoms with van der Waals surface area (Å²) in [5, 5.41) is 9.05. The van der Waals surface area contributed by atoms with E-state index in [9.17, 15) is 4.79 Å². The number of nitrogens with two attached hydrogens (primary N) is 1. The Kier molecular flexibility index (Phi) is 5.40. The van der Waals surface area contributed by atoms with Crippen molar-refractivity contribution in [2.24, 2.45) is 11.7 Å². The predicted molar refractivity (Wildman–Crippen MR) is 66.8 cm³/mol. The Morgan fingerprint density at radius 2 is 2.06 bits per heavy atom. The van der Waals surface area contributed by atoms with Crippen molar-refractivity contribution < 1.29 is 14.6 Å². The molecule has 0 aromatic rings. The van der Waals surface area contributed by atoms with Crippen LogP contribution in [0.2, 0.25) is 0 Å². The normalized spacial score (nSPS) is 31.1. The van der Waals surface area contributed by atoms with Gasteiger partial charge in [0.25, 0.3) is 0 Å². The lowest BCUT2D eigenvalue weighted by atomic mass is 9.77. The minimum atomic E-state index is -0.877. The zero-order valence-electron chi connectivity index (χ0n) is 10.9. The second-order valence-corrected chi connectivity index (χ2v) is 5.09. The van der Waals surface area contributed by atoms with Gasteiger partial charge in [-0.05, 0) is 38.0 Å². The Bertz CT molecular complexity index is 247. The minimum absolute atomic E-state index is 0.398. The largest absolute Gasteiger partial charge is 0.479 e. The van der Waals surface area contributed by atoms with Crippen molar-refractivity contribution in [3.8, 4) is 0 Å². The maximum absolute atomic E-state index is 11.0. The monoisotopic (exact) mass is 243 g/mol. The smallest absolute Gasteiger partial charge is 0.332 e. The SMILES string of the molecule is CCC1CCC(CN)(OC(CC)C(=O)O)CC1. The van der Waals surface area contributed by atoms with Crippen molar-refractivity contribution in [1.82, 2.24) is 0 Å². The average Bonchev–Trinajstić information content (AvgIpc) is 2.36. The van der Waals surface area contributed by atoms with Crippen LogP contribution in [0, 0.1) is 5.92 Å². The van der Waals surface area contributed by atoms with E-state index >= 15 is 0 Å². The lowest BCUT2D eigenvalue weighted by Gasteiger charge is -2.40. The molecule has 0 radical (unpaired) electrons. The van der Waals surface area contributed by atoms with Gasteiger partial charge in [-0.2, -0.15) is 0 Å². The molecule has 1 atom stereocenters. The van der Waals surface area contributed by atoms with Crippen LogP contribution < -0.4 is 5.73 Å². The molecule has 1 unspecified atom stereocenters. The molecule has 4 heteroatoms. The molecule has 3 N–H and O–H groups in total. The zero-order valence-corrected chi connectivity index (χ0v) is 10.9. The molecule has 0 spiro atoms. The fourth-order valence-corrected chi connectivity index (χ4v) is 2.59. The van der Waals surface area contributed by atoms with Crippen LogP contribution in [0.25, 0.3) is 0 Å². The summed E-state index contributed by atoms with van der Waals surface area (Å²) in [4.78, 5) is 11.0. The van der Waals surface area contributed by atoms with Crippen molar-refractivity contribution >= 4 is 5.97 Å². The van der Waals surface area contributed by atoms with Gasteiger partial charge < -0.3 is 15.6 Å². The summed E-state index contributed by atoms with van der Waals surface area (Å²) in [6.07, 6.45) is 4.97. The van der Waals surface area contributed by atoms with Crippen LogP contribution in [0.5, 0.6) is 0 Å². The zero-order chi connectivity index (χ0) is 12.9. The summed E-state index contributed by atoms with van der Waals surface area (Å²) in [5.74, 6) is -0.124. The van der Waals surface area contributed by atoms with Crippen LogP contribution in [0.1, 0.15) is 52.4 Å². The van der Waals surface area contributed by atoms with E-state index in [4.69, 9.17) is 15.6 Å². The second-order valence-electron chi connectivity index (χ2n) is 5.09. The van der Waals surface area contributed by atoms with Crippen LogP contribution in [0.3, 0.4) is 0 Å². The first-order valence-corrected chi connectivity index (χ1v) is 6.67. The third-order valence-electron chi connectivity index (χ3n) is 4.00. The summed E-state index contributed by atoms with van der Waals surface area (Å²) >= 11 is 0. The van der Waals surface area contributed by atoms with Crippen molar-refractivity contribution in [3.63, 3.8) is 0 Å². The number of carbonyl (C=O) groups is 1. The number of carboxylic acid groups (broad SMARTS) is 1. The Morgan fingerprint density at radius 3 is 2.41 bits per heavy atom. The topological polar surface area (TPSA) is 72.5 Å². The summed E-state index contributed by atoms with van der Waals surface area (Å²) < 4.78 is 5.81. The van der Waals surface area contributed by atoms with E-state index in [0.29, 0.717) is 13.0 Å². The molecule has 0 heterocycles. The van der Waals surface area contributed by atoms with E-state index in [1.807, 2.05) is 6.92 Å². The first-order valence-electron chi connectivity index (χ1n) is 6.67. The molecule has 100 valence electrons. The Labute approximate surface area is 104 Å². The molecule has 0 aromatic heterocycles. The summed E-state index contributed by atoms with van der Waals surface area (Å²) in [6, 6.07) is 0. The molecule has 1 saturated carbocycles. The first-order chi connectivity index (χ1) is 8.06. The predicted octanol–water partition coefficient (Wildman–Crippen LogP) is 2.16. The van der Waals surface area contributed by atoms with Crippen LogP contribution in [0.15, 0.2) is 0 Å². The quantitative estimate of drug-likeness (QED) is 0.750. The van der Waals surface area contributed by atoms with Gasteiger partial charge in [-0.3, -0.25) is 0 Å².